The molecule has 2 aromatic carbocycles. The maximum absolute atomic E-state index is 12.6. The minimum Gasteiger partial charge on any atom is -0.350 e. The molecular formula is C22H27N3O3S. The lowest BCUT2D eigenvalue weighted by Gasteiger charge is -2.22. The number of nitrogens with one attached hydrogen (secondary N) is 1. The first-order valence-corrected chi connectivity index (χ1v) is 10.8. The summed E-state index contributed by atoms with van der Waals surface area (Å²) in [5.74, 6) is -0.265. The Hall–Kier alpha value is -2.38. The standard InChI is InChI=1S/C22H27N3O3S/c1-4-24-9-5-6-18(24)14-23-22(26)17-7-8-21(20(13-17)25(27)28)29-19-11-15(2)10-16(3)12-19/h7-8,10-13,18H,4-6,9,14H2,1-3H3,(H,23,26). The largest absolute Gasteiger partial charge is 0.350 e. The molecule has 1 N–H and O–H groups in total. The van der Waals surface area contributed by atoms with Crippen LogP contribution in [0.5, 0.6) is 0 Å². The third-order valence-electron chi connectivity index (χ3n) is 5.24. The van der Waals surface area contributed by atoms with Crippen LogP contribution < -0.4 is 5.32 Å². The molecular weight excluding hydrogens is 386 g/mol. The molecule has 0 aliphatic carbocycles. The molecule has 154 valence electrons. The van der Waals surface area contributed by atoms with E-state index in [0.717, 1.165) is 42.0 Å². The molecule has 3 rings (SSSR count). The number of benzene rings is 2. The molecule has 0 spiro atoms. The normalized spacial score (nSPS) is 16.7. The molecule has 1 aliphatic rings. The molecule has 6 nitrogen and oxygen atoms in total. The summed E-state index contributed by atoms with van der Waals surface area (Å²) >= 11 is 1.35. The van der Waals surface area contributed by atoms with Crippen molar-refractivity contribution in [2.45, 2.75) is 49.4 Å². The predicted molar refractivity (Wildman–Crippen MR) is 116 cm³/mol. The maximum Gasteiger partial charge on any atom is 0.284 e. The number of nitro groups is 1. The molecule has 1 aliphatic heterocycles. The van der Waals surface area contributed by atoms with E-state index in [2.05, 4.69) is 23.2 Å². The lowest BCUT2D eigenvalue weighted by Crippen LogP contribution is -2.40. The van der Waals surface area contributed by atoms with Crippen molar-refractivity contribution in [3.8, 4) is 0 Å². The van der Waals surface area contributed by atoms with E-state index in [1.807, 2.05) is 26.0 Å². The second-order valence-corrected chi connectivity index (χ2v) is 8.62. The quantitative estimate of drug-likeness (QED) is 0.531. The minimum absolute atomic E-state index is 0.0436. The maximum atomic E-state index is 12.6. The van der Waals surface area contributed by atoms with Crippen LogP contribution in [-0.4, -0.2) is 41.4 Å². The average Bonchev–Trinajstić information content (AvgIpc) is 3.13. The second-order valence-electron chi connectivity index (χ2n) is 7.50. The van der Waals surface area contributed by atoms with Crippen molar-refractivity contribution in [1.29, 1.82) is 0 Å². The summed E-state index contributed by atoms with van der Waals surface area (Å²) in [6.07, 6.45) is 2.21. The molecule has 7 heteroatoms. The average molecular weight is 414 g/mol. The number of amides is 1. The molecule has 1 atom stereocenters. The zero-order chi connectivity index (χ0) is 21.0. The first kappa shape index (κ1) is 21.3. The van der Waals surface area contributed by atoms with Crippen LogP contribution in [0.15, 0.2) is 46.2 Å². The number of hydrogen-bond donors (Lipinski definition) is 1. The Bertz CT molecular complexity index is 896. The number of aryl methyl sites for hydroxylation is 2. The van der Waals surface area contributed by atoms with E-state index in [1.165, 1.54) is 17.8 Å². The fourth-order valence-electron chi connectivity index (χ4n) is 3.86. The Morgan fingerprint density at radius 2 is 1.97 bits per heavy atom. The summed E-state index contributed by atoms with van der Waals surface area (Å²) in [6, 6.07) is 11.1. The van der Waals surface area contributed by atoms with E-state index in [1.54, 1.807) is 12.1 Å². The summed E-state index contributed by atoms with van der Waals surface area (Å²) in [5, 5.41) is 14.6. The molecule has 0 bridgehead atoms. The van der Waals surface area contributed by atoms with Crippen LogP contribution in [0.2, 0.25) is 0 Å². The Balaban J connectivity index is 1.75. The van der Waals surface area contributed by atoms with Crippen molar-refractivity contribution in [1.82, 2.24) is 10.2 Å². The molecule has 1 fully saturated rings. The van der Waals surface area contributed by atoms with Crippen molar-refractivity contribution in [2.75, 3.05) is 19.6 Å². The lowest BCUT2D eigenvalue weighted by molar-refractivity contribution is -0.387. The van der Waals surface area contributed by atoms with Gasteiger partial charge in [-0.25, -0.2) is 0 Å². The van der Waals surface area contributed by atoms with Crippen molar-refractivity contribution in [2.24, 2.45) is 0 Å². The van der Waals surface area contributed by atoms with Gasteiger partial charge in [0.25, 0.3) is 11.6 Å². The highest BCUT2D eigenvalue weighted by molar-refractivity contribution is 7.99. The molecule has 0 radical (unpaired) electrons. The summed E-state index contributed by atoms with van der Waals surface area (Å²) in [7, 11) is 0. The Morgan fingerprint density at radius 3 is 2.62 bits per heavy atom. The third kappa shape index (κ3) is 5.36. The second kappa shape index (κ2) is 9.41. The van der Waals surface area contributed by atoms with Gasteiger partial charge < -0.3 is 5.32 Å². The first-order valence-electron chi connectivity index (χ1n) is 9.94. The van der Waals surface area contributed by atoms with Gasteiger partial charge in [0.1, 0.15) is 0 Å². The monoisotopic (exact) mass is 413 g/mol. The predicted octanol–water partition coefficient (Wildman–Crippen LogP) is 4.58. The van der Waals surface area contributed by atoms with Crippen LogP contribution in [0.4, 0.5) is 5.69 Å². The molecule has 1 heterocycles. The highest BCUT2D eigenvalue weighted by Gasteiger charge is 2.24. The smallest absolute Gasteiger partial charge is 0.284 e. The number of likely N-dealkylation sites (tertiary alicyclic amines) is 1. The van der Waals surface area contributed by atoms with Crippen LogP contribution in [0, 0.1) is 24.0 Å². The van der Waals surface area contributed by atoms with Gasteiger partial charge >= 0.3 is 0 Å². The summed E-state index contributed by atoms with van der Waals surface area (Å²) in [4.78, 5) is 27.6. The zero-order valence-corrected chi connectivity index (χ0v) is 17.9. The lowest BCUT2D eigenvalue weighted by atomic mass is 10.1. The molecule has 29 heavy (non-hydrogen) atoms. The number of likely N-dealkylation sites (N-methyl/N-ethyl adjacent to an activating group) is 1. The summed E-state index contributed by atoms with van der Waals surface area (Å²) < 4.78 is 0. The molecule has 0 saturated carbocycles. The number of nitro benzene ring substituents is 1. The van der Waals surface area contributed by atoms with Gasteiger partial charge in [-0.1, -0.05) is 24.8 Å². The fraction of sp³-hybridized carbons (Fsp3) is 0.409. The number of rotatable bonds is 7. The SMILES string of the molecule is CCN1CCCC1CNC(=O)c1ccc(Sc2cc(C)cc(C)c2)c([N+](=O)[O-])c1. The minimum atomic E-state index is -0.419. The van der Waals surface area contributed by atoms with Crippen molar-refractivity contribution < 1.29 is 9.72 Å². The molecule has 1 saturated heterocycles. The van der Waals surface area contributed by atoms with E-state index >= 15 is 0 Å². The zero-order valence-electron chi connectivity index (χ0n) is 17.1. The highest BCUT2D eigenvalue weighted by Crippen LogP contribution is 2.36. The van der Waals surface area contributed by atoms with Gasteiger partial charge in [-0.3, -0.25) is 19.8 Å². The Labute approximate surface area is 175 Å². The van der Waals surface area contributed by atoms with Crippen LogP contribution >= 0.6 is 11.8 Å². The first-order chi connectivity index (χ1) is 13.9. The van der Waals surface area contributed by atoms with Gasteiger partial charge in [0.05, 0.1) is 9.82 Å². The number of carbonyl (C=O) groups is 1. The molecule has 0 aromatic heterocycles. The Kier molecular flexibility index (Phi) is 6.92. The van der Waals surface area contributed by atoms with Gasteiger partial charge in [0, 0.05) is 29.1 Å². The van der Waals surface area contributed by atoms with Crippen molar-refractivity contribution in [3.63, 3.8) is 0 Å². The number of hydrogen-bond acceptors (Lipinski definition) is 5. The number of nitrogens with zero attached hydrogens (tertiary/aromatic N) is 2. The van der Waals surface area contributed by atoms with Crippen LogP contribution in [0.3, 0.4) is 0 Å². The summed E-state index contributed by atoms with van der Waals surface area (Å²) in [5.41, 5.74) is 2.50. The summed E-state index contributed by atoms with van der Waals surface area (Å²) in [6.45, 7) is 8.73. The van der Waals surface area contributed by atoms with E-state index in [-0.39, 0.29) is 11.6 Å². The van der Waals surface area contributed by atoms with Gasteiger partial charge in [-0.05, 0) is 75.2 Å². The van der Waals surface area contributed by atoms with E-state index in [4.69, 9.17) is 0 Å². The van der Waals surface area contributed by atoms with Crippen LogP contribution in [-0.2, 0) is 0 Å². The third-order valence-corrected chi connectivity index (χ3v) is 6.28. The van der Waals surface area contributed by atoms with Crippen molar-refractivity contribution in [3.05, 3.63) is 63.2 Å². The van der Waals surface area contributed by atoms with E-state index < -0.39 is 4.92 Å². The topological polar surface area (TPSA) is 75.5 Å². The van der Waals surface area contributed by atoms with Gasteiger partial charge in [0.2, 0.25) is 0 Å². The van der Waals surface area contributed by atoms with Gasteiger partial charge in [-0.2, -0.15) is 0 Å². The fourth-order valence-corrected chi connectivity index (χ4v) is 4.98. The van der Waals surface area contributed by atoms with Crippen LogP contribution in [0.1, 0.15) is 41.3 Å². The molecule has 1 amide bonds. The molecule has 1 unspecified atom stereocenters. The Morgan fingerprint density at radius 1 is 1.24 bits per heavy atom. The highest BCUT2D eigenvalue weighted by atomic mass is 32.2. The van der Waals surface area contributed by atoms with Crippen molar-refractivity contribution >= 4 is 23.4 Å². The van der Waals surface area contributed by atoms with Gasteiger partial charge in [0.15, 0.2) is 0 Å². The number of carbonyl (C=O) groups excluding carboxylic acids is 1. The van der Waals surface area contributed by atoms with E-state index in [0.29, 0.717) is 23.0 Å². The molecule has 2 aromatic rings. The van der Waals surface area contributed by atoms with Gasteiger partial charge in [-0.15, -0.1) is 0 Å². The van der Waals surface area contributed by atoms with Crippen LogP contribution in [0.25, 0.3) is 0 Å². The van der Waals surface area contributed by atoms with E-state index in [9.17, 15) is 14.9 Å².